The summed E-state index contributed by atoms with van der Waals surface area (Å²) in [5.41, 5.74) is 2.71. The molecule has 0 saturated carbocycles. The highest BCUT2D eigenvalue weighted by Gasteiger charge is 2.26. The first-order valence-corrected chi connectivity index (χ1v) is 13.4. The van der Waals surface area contributed by atoms with Crippen molar-refractivity contribution in [1.82, 2.24) is 9.78 Å². The molecule has 1 aliphatic heterocycles. The van der Waals surface area contributed by atoms with Crippen LogP contribution in [0.15, 0.2) is 53.6 Å². The first kappa shape index (κ1) is 23.8. The van der Waals surface area contributed by atoms with E-state index in [-0.39, 0.29) is 5.92 Å². The summed E-state index contributed by atoms with van der Waals surface area (Å²) in [6.07, 6.45) is 4.04. The third-order valence-electron chi connectivity index (χ3n) is 6.28. The van der Waals surface area contributed by atoms with E-state index in [2.05, 4.69) is 18.9 Å². The number of hydrogen-bond donors (Lipinski definition) is 0. The van der Waals surface area contributed by atoms with Gasteiger partial charge in [0, 0.05) is 37.9 Å². The van der Waals surface area contributed by atoms with Crippen LogP contribution in [-0.2, 0) is 21.3 Å². The lowest BCUT2D eigenvalue weighted by molar-refractivity contribution is 0.0602. The average molecular weight is 470 g/mol. The lowest BCUT2D eigenvalue weighted by Crippen LogP contribution is -2.34. The van der Waals surface area contributed by atoms with Gasteiger partial charge in [-0.15, -0.1) is 0 Å². The van der Waals surface area contributed by atoms with Crippen LogP contribution in [0.1, 0.15) is 52.0 Å². The molecule has 0 spiro atoms. The second-order valence-corrected chi connectivity index (χ2v) is 11.7. The molecule has 0 bridgehead atoms. The topological polar surface area (TPSA) is 64.4 Å². The number of nitrogens with zero attached hydrogens (tertiary/aromatic N) is 3. The third kappa shape index (κ3) is 5.41. The fourth-order valence-corrected chi connectivity index (χ4v) is 5.99. The molecular weight excluding hydrogens is 434 g/mol. The normalized spacial score (nSPS) is 15.6. The van der Waals surface area contributed by atoms with Gasteiger partial charge in [0.1, 0.15) is 0 Å². The molecule has 0 radical (unpaired) electrons. The molecule has 1 saturated heterocycles. The monoisotopic (exact) mass is 469 g/mol. The lowest BCUT2D eigenvalue weighted by Gasteiger charge is -2.26. The van der Waals surface area contributed by atoms with Crippen LogP contribution >= 0.6 is 0 Å². The summed E-state index contributed by atoms with van der Waals surface area (Å²) in [6.45, 7) is 11.2. The van der Waals surface area contributed by atoms with Crippen LogP contribution in [0.2, 0.25) is 0 Å². The Kier molecular flexibility index (Phi) is 7.10. The van der Waals surface area contributed by atoms with E-state index in [0.717, 1.165) is 43.5 Å². The number of hydrogen-bond acceptors (Lipinski definition) is 4. The molecule has 1 fully saturated rings. The van der Waals surface area contributed by atoms with Gasteiger partial charge in [0.25, 0.3) is 10.0 Å². The van der Waals surface area contributed by atoms with Crippen molar-refractivity contribution in [3.05, 3.63) is 54.2 Å². The minimum Gasteiger partial charge on any atom is -0.381 e. The highest BCUT2D eigenvalue weighted by Crippen LogP contribution is 2.29. The van der Waals surface area contributed by atoms with E-state index < -0.39 is 10.0 Å². The number of sulfonamides is 1. The SMILES string of the molecule is CC(C)CN(c1ccc(C(C)C)cc1)S(=O)(=O)c1ccc2nn(CC3CCOCC3)cc2c1. The number of rotatable bonds is 8. The molecule has 178 valence electrons. The lowest BCUT2D eigenvalue weighted by atomic mass is 10.0. The number of anilines is 1. The van der Waals surface area contributed by atoms with Gasteiger partial charge in [0.2, 0.25) is 0 Å². The van der Waals surface area contributed by atoms with Crippen molar-refractivity contribution >= 4 is 26.6 Å². The van der Waals surface area contributed by atoms with Crippen LogP contribution in [0.4, 0.5) is 5.69 Å². The smallest absolute Gasteiger partial charge is 0.264 e. The minimum absolute atomic E-state index is 0.190. The highest BCUT2D eigenvalue weighted by atomic mass is 32.2. The molecule has 4 rings (SSSR count). The third-order valence-corrected chi connectivity index (χ3v) is 8.07. The van der Waals surface area contributed by atoms with E-state index in [1.165, 1.54) is 9.87 Å². The van der Waals surface area contributed by atoms with Gasteiger partial charge in [-0.3, -0.25) is 8.99 Å². The van der Waals surface area contributed by atoms with Gasteiger partial charge < -0.3 is 4.74 Å². The zero-order valence-electron chi connectivity index (χ0n) is 20.1. The zero-order chi connectivity index (χ0) is 23.6. The molecule has 2 aromatic carbocycles. The Hall–Kier alpha value is -2.38. The number of benzene rings is 2. The fourth-order valence-electron chi connectivity index (χ4n) is 4.33. The molecular formula is C26H35N3O3S. The van der Waals surface area contributed by atoms with Crippen LogP contribution in [0.25, 0.3) is 10.9 Å². The van der Waals surface area contributed by atoms with E-state index in [1.807, 2.05) is 55.1 Å². The van der Waals surface area contributed by atoms with Crippen molar-refractivity contribution in [3.63, 3.8) is 0 Å². The average Bonchev–Trinajstić information content (AvgIpc) is 3.19. The van der Waals surface area contributed by atoms with E-state index in [4.69, 9.17) is 4.74 Å². The Morgan fingerprint density at radius 2 is 1.76 bits per heavy atom. The molecule has 33 heavy (non-hydrogen) atoms. The standard InChI is InChI=1S/C26H35N3O3S/c1-19(2)16-29(24-7-5-22(6-8-24)20(3)4)33(30,31)25-9-10-26-23(15-25)18-28(27-26)17-21-11-13-32-14-12-21/h5-10,15,18-21H,11-14,16-17H2,1-4H3. The molecule has 0 amide bonds. The largest absolute Gasteiger partial charge is 0.381 e. The molecule has 2 heterocycles. The summed E-state index contributed by atoms with van der Waals surface area (Å²) in [4.78, 5) is 0.300. The molecule has 0 N–H and O–H groups in total. The Bertz CT molecular complexity index is 1180. The van der Waals surface area contributed by atoms with E-state index in [0.29, 0.717) is 29.0 Å². The summed E-state index contributed by atoms with van der Waals surface area (Å²) in [5, 5.41) is 5.52. The van der Waals surface area contributed by atoms with E-state index >= 15 is 0 Å². The zero-order valence-corrected chi connectivity index (χ0v) is 20.9. The van der Waals surface area contributed by atoms with E-state index in [1.54, 1.807) is 12.1 Å². The molecule has 0 unspecified atom stereocenters. The molecule has 6 nitrogen and oxygen atoms in total. The summed E-state index contributed by atoms with van der Waals surface area (Å²) in [6, 6.07) is 13.1. The first-order chi connectivity index (χ1) is 15.7. The van der Waals surface area contributed by atoms with Crippen LogP contribution in [0.5, 0.6) is 0 Å². The number of ether oxygens (including phenoxy) is 1. The van der Waals surface area contributed by atoms with Crippen LogP contribution in [-0.4, -0.2) is 38.0 Å². The van der Waals surface area contributed by atoms with Gasteiger partial charge in [-0.25, -0.2) is 8.42 Å². The maximum Gasteiger partial charge on any atom is 0.264 e. The second-order valence-electron chi connectivity index (χ2n) is 9.80. The fraction of sp³-hybridized carbons (Fsp3) is 0.500. The van der Waals surface area contributed by atoms with Gasteiger partial charge in [0.15, 0.2) is 0 Å². The molecule has 3 aromatic rings. The summed E-state index contributed by atoms with van der Waals surface area (Å²) in [5.74, 6) is 1.14. The molecule has 1 aromatic heterocycles. The van der Waals surface area contributed by atoms with Gasteiger partial charge in [-0.05, 0) is 66.5 Å². The first-order valence-electron chi connectivity index (χ1n) is 11.9. The van der Waals surface area contributed by atoms with Crippen molar-refractivity contribution < 1.29 is 13.2 Å². The number of fused-ring (bicyclic) bond motifs is 1. The molecule has 1 aliphatic rings. The predicted octanol–water partition coefficient (Wildman–Crippen LogP) is 5.44. The van der Waals surface area contributed by atoms with Crippen molar-refractivity contribution in [2.75, 3.05) is 24.1 Å². The molecule has 0 atom stereocenters. The molecule has 7 heteroatoms. The summed E-state index contributed by atoms with van der Waals surface area (Å²) in [7, 11) is -3.71. The van der Waals surface area contributed by atoms with Crippen molar-refractivity contribution in [2.45, 2.75) is 57.9 Å². The van der Waals surface area contributed by atoms with Gasteiger partial charge in [-0.2, -0.15) is 5.10 Å². The van der Waals surface area contributed by atoms with E-state index in [9.17, 15) is 8.42 Å². The van der Waals surface area contributed by atoms with Crippen molar-refractivity contribution in [3.8, 4) is 0 Å². The summed E-state index contributed by atoms with van der Waals surface area (Å²) >= 11 is 0. The predicted molar refractivity (Wildman–Crippen MR) is 133 cm³/mol. The highest BCUT2D eigenvalue weighted by molar-refractivity contribution is 7.92. The second kappa shape index (κ2) is 9.85. The minimum atomic E-state index is -3.71. The Morgan fingerprint density at radius 1 is 1.06 bits per heavy atom. The molecule has 0 aliphatic carbocycles. The number of aromatic nitrogens is 2. The van der Waals surface area contributed by atoms with Gasteiger partial charge >= 0.3 is 0 Å². The van der Waals surface area contributed by atoms with Crippen LogP contribution in [0, 0.1) is 11.8 Å². The Labute approximate surface area is 197 Å². The van der Waals surface area contributed by atoms with Gasteiger partial charge in [0.05, 0.1) is 16.1 Å². The van der Waals surface area contributed by atoms with Crippen molar-refractivity contribution in [1.29, 1.82) is 0 Å². The van der Waals surface area contributed by atoms with Gasteiger partial charge in [-0.1, -0.05) is 39.8 Å². The maximum absolute atomic E-state index is 13.7. The maximum atomic E-state index is 13.7. The summed E-state index contributed by atoms with van der Waals surface area (Å²) < 4.78 is 36.4. The van der Waals surface area contributed by atoms with Crippen LogP contribution < -0.4 is 4.31 Å². The quantitative estimate of drug-likeness (QED) is 0.441. The van der Waals surface area contributed by atoms with Crippen LogP contribution in [0.3, 0.4) is 0 Å². The Morgan fingerprint density at radius 3 is 2.39 bits per heavy atom. The Balaban J connectivity index is 1.64. The van der Waals surface area contributed by atoms with Crippen molar-refractivity contribution in [2.24, 2.45) is 11.8 Å².